The summed E-state index contributed by atoms with van der Waals surface area (Å²) in [4.78, 5) is 37.3. The van der Waals surface area contributed by atoms with Gasteiger partial charge in [0.2, 0.25) is 0 Å². The second kappa shape index (κ2) is 8.40. The van der Waals surface area contributed by atoms with Gasteiger partial charge in [-0.05, 0) is 43.5 Å². The number of aromatic nitrogens is 1. The maximum absolute atomic E-state index is 12.3. The van der Waals surface area contributed by atoms with Crippen molar-refractivity contribution in [3.8, 4) is 0 Å². The van der Waals surface area contributed by atoms with Gasteiger partial charge in [-0.3, -0.25) is 14.7 Å². The fraction of sp³-hybridized carbons (Fsp3) is 0.333. The van der Waals surface area contributed by atoms with Crippen LogP contribution < -0.4 is 10.7 Å². The Labute approximate surface area is 171 Å². The first-order chi connectivity index (χ1) is 14.5. The Hall–Kier alpha value is -3.62. The average Bonchev–Trinajstić information content (AvgIpc) is 3.38. The van der Waals surface area contributed by atoms with Crippen LogP contribution in [0.2, 0.25) is 0 Å². The molecule has 1 saturated heterocycles. The number of aryl methyl sites for hydroxylation is 1. The van der Waals surface area contributed by atoms with Crippen molar-refractivity contribution in [2.45, 2.75) is 25.8 Å². The maximum Gasteiger partial charge on any atom is 0.419 e. The van der Waals surface area contributed by atoms with Crippen molar-refractivity contribution >= 4 is 28.4 Å². The van der Waals surface area contributed by atoms with E-state index in [2.05, 4.69) is 0 Å². The van der Waals surface area contributed by atoms with Gasteiger partial charge in [0.1, 0.15) is 5.69 Å². The zero-order chi connectivity index (χ0) is 21.1. The molecule has 1 fully saturated rings. The first-order valence-electron chi connectivity index (χ1n) is 9.83. The van der Waals surface area contributed by atoms with Gasteiger partial charge in [0.15, 0.2) is 5.58 Å². The number of para-hydroxylation sites is 2. The molecule has 0 N–H and O–H groups in total. The van der Waals surface area contributed by atoms with E-state index in [0.717, 1.165) is 25.9 Å². The summed E-state index contributed by atoms with van der Waals surface area (Å²) in [6, 6.07) is 11.5. The first kappa shape index (κ1) is 19.7. The summed E-state index contributed by atoms with van der Waals surface area (Å²) < 4.78 is 11.9. The lowest BCUT2D eigenvalue weighted by atomic mass is 10.1. The summed E-state index contributed by atoms with van der Waals surface area (Å²) in [5.41, 5.74) is 1.76. The van der Waals surface area contributed by atoms with Gasteiger partial charge in [-0.2, -0.15) is 0 Å². The molecule has 0 saturated carbocycles. The number of hydrogen-bond acceptors (Lipinski definition) is 7. The van der Waals surface area contributed by atoms with E-state index in [-0.39, 0.29) is 17.9 Å². The van der Waals surface area contributed by atoms with Crippen LogP contribution in [0.15, 0.2) is 51.7 Å². The van der Waals surface area contributed by atoms with E-state index in [1.807, 2.05) is 11.0 Å². The highest BCUT2D eigenvalue weighted by Gasteiger charge is 2.24. The summed E-state index contributed by atoms with van der Waals surface area (Å²) in [5, 5.41) is 11.5. The number of nitro groups is 1. The fourth-order valence-electron chi connectivity index (χ4n) is 3.72. The molecule has 1 aromatic heterocycles. The van der Waals surface area contributed by atoms with Gasteiger partial charge in [0.05, 0.1) is 22.6 Å². The Morgan fingerprint density at radius 3 is 2.70 bits per heavy atom. The number of oxazole rings is 1. The Morgan fingerprint density at radius 2 is 1.93 bits per heavy atom. The molecule has 1 aliphatic rings. The Bertz CT molecular complexity index is 1140. The number of benzene rings is 2. The summed E-state index contributed by atoms with van der Waals surface area (Å²) in [5.74, 6) is -1.09. The second-order valence-electron chi connectivity index (χ2n) is 7.13. The number of carbonyl (C=O) groups is 1. The van der Waals surface area contributed by atoms with E-state index in [0.29, 0.717) is 29.8 Å². The fourth-order valence-corrected chi connectivity index (χ4v) is 3.72. The topological polar surface area (TPSA) is 108 Å². The van der Waals surface area contributed by atoms with E-state index in [9.17, 15) is 19.7 Å². The van der Waals surface area contributed by atoms with Crippen molar-refractivity contribution in [1.82, 2.24) is 4.57 Å². The molecule has 0 bridgehead atoms. The van der Waals surface area contributed by atoms with Gasteiger partial charge in [0.25, 0.3) is 5.69 Å². The summed E-state index contributed by atoms with van der Waals surface area (Å²) in [6.45, 7) is 1.95. The number of fused-ring (bicyclic) bond motifs is 1. The molecule has 0 atom stereocenters. The van der Waals surface area contributed by atoms with Crippen molar-refractivity contribution in [2.75, 3.05) is 24.6 Å². The molecule has 0 spiro atoms. The molecule has 9 nitrogen and oxygen atoms in total. The molecule has 0 amide bonds. The third-order valence-corrected chi connectivity index (χ3v) is 5.19. The minimum atomic E-state index is -0.629. The van der Waals surface area contributed by atoms with Gasteiger partial charge < -0.3 is 14.1 Å². The van der Waals surface area contributed by atoms with Crippen LogP contribution in [0, 0.1) is 10.1 Å². The molecule has 2 heterocycles. The van der Waals surface area contributed by atoms with Crippen LogP contribution in [0.1, 0.15) is 29.6 Å². The predicted octanol–water partition coefficient (Wildman–Crippen LogP) is 3.35. The number of rotatable bonds is 7. The number of carbonyl (C=O) groups excluding carboxylic acids is 1. The molecule has 9 heteroatoms. The molecule has 1 aliphatic heterocycles. The van der Waals surface area contributed by atoms with E-state index >= 15 is 0 Å². The summed E-state index contributed by atoms with van der Waals surface area (Å²) in [7, 11) is 0. The first-order valence-corrected chi connectivity index (χ1v) is 9.83. The number of nitrogens with zero attached hydrogens (tertiary/aromatic N) is 3. The van der Waals surface area contributed by atoms with Crippen molar-refractivity contribution < 1.29 is 18.9 Å². The maximum atomic E-state index is 12.3. The molecule has 156 valence electrons. The van der Waals surface area contributed by atoms with Crippen molar-refractivity contribution in [1.29, 1.82) is 0 Å². The summed E-state index contributed by atoms with van der Waals surface area (Å²) in [6.07, 6.45) is 2.40. The number of ether oxygens (including phenoxy) is 1. The van der Waals surface area contributed by atoms with Gasteiger partial charge in [-0.15, -0.1) is 0 Å². The highest BCUT2D eigenvalue weighted by atomic mass is 16.6. The SMILES string of the molecule is O=C(OCCCn1c(=O)oc2ccccc21)c1ccc(N2CCCC2)c([N+](=O)[O-])c1. The van der Waals surface area contributed by atoms with E-state index in [1.165, 1.54) is 10.6 Å². The zero-order valence-electron chi connectivity index (χ0n) is 16.3. The predicted molar refractivity (Wildman–Crippen MR) is 110 cm³/mol. The highest BCUT2D eigenvalue weighted by molar-refractivity contribution is 5.91. The molecule has 30 heavy (non-hydrogen) atoms. The lowest BCUT2D eigenvalue weighted by Gasteiger charge is -2.17. The highest BCUT2D eigenvalue weighted by Crippen LogP contribution is 2.31. The quantitative estimate of drug-likeness (QED) is 0.254. The lowest BCUT2D eigenvalue weighted by molar-refractivity contribution is -0.384. The largest absolute Gasteiger partial charge is 0.462 e. The van der Waals surface area contributed by atoms with Crippen molar-refractivity contribution in [3.05, 3.63) is 68.7 Å². The van der Waals surface area contributed by atoms with E-state index < -0.39 is 16.6 Å². The van der Waals surface area contributed by atoms with Crippen LogP contribution in [0.3, 0.4) is 0 Å². The number of hydrogen-bond donors (Lipinski definition) is 0. The van der Waals surface area contributed by atoms with Crippen LogP contribution in [0.5, 0.6) is 0 Å². The Morgan fingerprint density at radius 1 is 1.17 bits per heavy atom. The van der Waals surface area contributed by atoms with Crippen LogP contribution in [0.4, 0.5) is 11.4 Å². The molecule has 0 radical (unpaired) electrons. The second-order valence-corrected chi connectivity index (χ2v) is 7.13. The smallest absolute Gasteiger partial charge is 0.419 e. The number of nitro benzene ring substituents is 1. The van der Waals surface area contributed by atoms with Crippen molar-refractivity contribution in [2.24, 2.45) is 0 Å². The monoisotopic (exact) mass is 411 g/mol. The number of anilines is 1. The molecular weight excluding hydrogens is 390 g/mol. The van der Waals surface area contributed by atoms with Crippen LogP contribution in [-0.4, -0.2) is 35.2 Å². The molecule has 3 aromatic rings. The van der Waals surface area contributed by atoms with Crippen LogP contribution in [-0.2, 0) is 11.3 Å². The summed E-state index contributed by atoms with van der Waals surface area (Å²) >= 11 is 0. The average molecular weight is 411 g/mol. The van der Waals surface area contributed by atoms with Crippen LogP contribution in [0.25, 0.3) is 11.1 Å². The van der Waals surface area contributed by atoms with Crippen LogP contribution >= 0.6 is 0 Å². The Balaban J connectivity index is 1.39. The molecule has 2 aromatic carbocycles. The third-order valence-electron chi connectivity index (χ3n) is 5.19. The van der Waals surface area contributed by atoms with Gasteiger partial charge >= 0.3 is 11.7 Å². The molecule has 0 aliphatic carbocycles. The lowest BCUT2D eigenvalue weighted by Crippen LogP contribution is -2.19. The van der Waals surface area contributed by atoms with E-state index in [4.69, 9.17) is 9.15 Å². The van der Waals surface area contributed by atoms with Gasteiger partial charge in [-0.1, -0.05) is 12.1 Å². The van der Waals surface area contributed by atoms with E-state index in [1.54, 1.807) is 30.3 Å². The molecular formula is C21H21N3O6. The normalized spacial score (nSPS) is 13.7. The van der Waals surface area contributed by atoms with Gasteiger partial charge in [0, 0.05) is 25.7 Å². The molecule has 4 rings (SSSR count). The molecule has 0 unspecified atom stereocenters. The minimum absolute atomic E-state index is 0.0758. The van der Waals surface area contributed by atoms with Gasteiger partial charge in [-0.25, -0.2) is 9.59 Å². The standard InChI is InChI=1S/C21H21N3O6/c25-20(15-8-9-16(18(14-15)24(27)28)22-10-3-4-11-22)29-13-5-12-23-17-6-1-2-7-19(17)30-21(23)26/h1-2,6-9,14H,3-5,10-13H2. The number of esters is 1. The third kappa shape index (κ3) is 3.91. The van der Waals surface area contributed by atoms with Crippen molar-refractivity contribution in [3.63, 3.8) is 0 Å². The minimum Gasteiger partial charge on any atom is -0.462 e. The Kier molecular flexibility index (Phi) is 5.51. The zero-order valence-corrected chi connectivity index (χ0v) is 16.3.